The number of thioether (sulfide) groups is 1. The number of ether oxygens (including phenoxy) is 1. The molecule has 0 N–H and O–H groups in total. The molecule has 0 aromatic heterocycles. The zero-order chi connectivity index (χ0) is 22.7. The summed E-state index contributed by atoms with van der Waals surface area (Å²) in [6, 6.07) is 18.2. The minimum absolute atomic E-state index is 0.0988. The molecule has 8 heteroatoms. The van der Waals surface area contributed by atoms with Crippen molar-refractivity contribution in [1.82, 2.24) is 4.90 Å². The van der Waals surface area contributed by atoms with Crippen molar-refractivity contribution in [3.8, 4) is 5.75 Å². The number of carbonyl (C=O) groups is 2. The minimum Gasteiger partial charge on any atom is -0.488 e. The van der Waals surface area contributed by atoms with E-state index in [1.807, 2.05) is 12.1 Å². The van der Waals surface area contributed by atoms with Crippen LogP contribution < -0.4 is 4.74 Å². The molecule has 0 spiro atoms. The fourth-order valence-electron chi connectivity index (χ4n) is 3.07. The Kier molecular flexibility index (Phi) is 6.84. The molecule has 0 atom stereocenters. The lowest BCUT2D eigenvalue weighted by atomic mass is 10.1. The van der Waals surface area contributed by atoms with Gasteiger partial charge in [-0.1, -0.05) is 59.6 Å². The summed E-state index contributed by atoms with van der Waals surface area (Å²) in [6.07, 6.45) is 1.64. The van der Waals surface area contributed by atoms with Crippen LogP contribution in [0.4, 0.5) is 9.18 Å². The van der Waals surface area contributed by atoms with Gasteiger partial charge in [-0.3, -0.25) is 14.5 Å². The van der Waals surface area contributed by atoms with E-state index < -0.39 is 0 Å². The highest BCUT2D eigenvalue weighted by Crippen LogP contribution is 2.35. The minimum atomic E-state index is -0.389. The molecule has 0 aliphatic carbocycles. The average molecular weight is 488 g/mol. The third-order valence-corrected chi connectivity index (χ3v) is 6.36. The molecule has 0 unspecified atom stereocenters. The number of imide groups is 1. The molecule has 1 aliphatic rings. The number of rotatable bonds is 6. The molecule has 162 valence electrons. The van der Waals surface area contributed by atoms with Gasteiger partial charge in [-0.25, -0.2) is 4.39 Å². The normalized spacial score (nSPS) is 15.0. The first kappa shape index (κ1) is 22.4. The third kappa shape index (κ3) is 5.15. The van der Waals surface area contributed by atoms with Crippen LogP contribution in [-0.2, 0) is 17.9 Å². The van der Waals surface area contributed by atoms with Gasteiger partial charge in [0.15, 0.2) is 0 Å². The van der Waals surface area contributed by atoms with Crippen molar-refractivity contribution in [2.75, 3.05) is 0 Å². The summed E-state index contributed by atoms with van der Waals surface area (Å²) in [5.74, 6) is -0.154. The van der Waals surface area contributed by atoms with Crippen molar-refractivity contribution in [2.24, 2.45) is 0 Å². The number of hydrogen-bond acceptors (Lipinski definition) is 4. The lowest BCUT2D eigenvalue weighted by Crippen LogP contribution is -2.27. The van der Waals surface area contributed by atoms with Gasteiger partial charge in [0.05, 0.1) is 21.5 Å². The van der Waals surface area contributed by atoms with E-state index in [0.29, 0.717) is 31.8 Å². The second-order valence-corrected chi connectivity index (χ2v) is 8.78. The Morgan fingerprint density at radius 3 is 2.41 bits per heavy atom. The van der Waals surface area contributed by atoms with Gasteiger partial charge < -0.3 is 4.74 Å². The van der Waals surface area contributed by atoms with Crippen molar-refractivity contribution in [2.45, 2.75) is 13.2 Å². The summed E-state index contributed by atoms with van der Waals surface area (Å²) in [4.78, 5) is 26.8. The van der Waals surface area contributed by atoms with Crippen molar-refractivity contribution in [3.05, 3.63) is 104 Å². The fraction of sp³-hybridized carbons (Fsp3) is 0.0833. The molecule has 0 bridgehead atoms. The van der Waals surface area contributed by atoms with Crippen LogP contribution in [0.1, 0.15) is 16.7 Å². The van der Waals surface area contributed by atoms with Crippen LogP contribution in [0.3, 0.4) is 0 Å². The largest absolute Gasteiger partial charge is 0.488 e. The maximum absolute atomic E-state index is 13.1. The highest BCUT2D eigenvalue weighted by molar-refractivity contribution is 8.18. The van der Waals surface area contributed by atoms with Gasteiger partial charge in [-0.2, -0.15) is 0 Å². The molecule has 4 rings (SSSR count). The Balaban J connectivity index is 1.51. The van der Waals surface area contributed by atoms with Crippen LogP contribution in [0.2, 0.25) is 10.0 Å². The second kappa shape index (κ2) is 9.77. The molecule has 4 nitrogen and oxygen atoms in total. The lowest BCUT2D eigenvalue weighted by molar-refractivity contribution is -0.123. The molecule has 32 heavy (non-hydrogen) atoms. The molecule has 3 aromatic rings. The van der Waals surface area contributed by atoms with Gasteiger partial charge in [-0.05, 0) is 59.3 Å². The van der Waals surface area contributed by atoms with Crippen LogP contribution in [0.15, 0.2) is 71.6 Å². The first-order valence-electron chi connectivity index (χ1n) is 9.56. The van der Waals surface area contributed by atoms with Crippen LogP contribution in [0.25, 0.3) is 6.08 Å². The molecule has 0 saturated carbocycles. The molecule has 1 heterocycles. The number of nitrogens with zero attached hydrogens (tertiary/aromatic N) is 1. The first-order chi connectivity index (χ1) is 15.4. The van der Waals surface area contributed by atoms with Crippen molar-refractivity contribution >= 4 is 52.2 Å². The zero-order valence-corrected chi connectivity index (χ0v) is 18.9. The quantitative estimate of drug-likeness (QED) is 0.353. The standard InChI is InChI=1S/C24H16Cl2FNO3S/c25-19-10-7-16(11-20(19)26)13-28-23(29)22(32-24(28)30)12-17-3-1-2-4-21(17)31-14-15-5-8-18(27)9-6-15/h1-12H,13-14H2/b22-12-. The first-order valence-corrected chi connectivity index (χ1v) is 11.1. The highest BCUT2D eigenvalue weighted by atomic mass is 35.5. The molecular formula is C24H16Cl2FNO3S. The summed E-state index contributed by atoms with van der Waals surface area (Å²) < 4.78 is 19.0. The molecule has 0 radical (unpaired) electrons. The topological polar surface area (TPSA) is 46.6 Å². The van der Waals surface area contributed by atoms with Gasteiger partial charge in [0.25, 0.3) is 11.1 Å². The maximum Gasteiger partial charge on any atom is 0.293 e. The Labute approximate surface area is 198 Å². The van der Waals surface area contributed by atoms with Crippen LogP contribution in [-0.4, -0.2) is 16.0 Å². The van der Waals surface area contributed by atoms with E-state index in [9.17, 15) is 14.0 Å². The number of amides is 2. The molecule has 1 aliphatic heterocycles. The maximum atomic E-state index is 13.1. The number of hydrogen-bond donors (Lipinski definition) is 0. The van der Waals surface area contributed by atoms with Gasteiger partial charge >= 0.3 is 0 Å². The summed E-state index contributed by atoms with van der Waals surface area (Å²) in [5.41, 5.74) is 2.17. The Morgan fingerprint density at radius 2 is 1.66 bits per heavy atom. The Morgan fingerprint density at radius 1 is 0.938 bits per heavy atom. The van der Waals surface area contributed by atoms with E-state index >= 15 is 0 Å². The van der Waals surface area contributed by atoms with Gasteiger partial charge in [0.2, 0.25) is 0 Å². The molecule has 1 fully saturated rings. The Bertz CT molecular complexity index is 1210. The number of para-hydroxylation sites is 1. The van der Waals surface area contributed by atoms with Gasteiger partial charge in [0.1, 0.15) is 18.2 Å². The second-order valence-electron chi connectivity index (χ2n) is 6.97. The van der Waals surface area contributed by atoms with Crippen molar-refractivity contribution in [3.63, 3.8) is 0 Å². The number of halogens is 3. The predicted molar refractivity (Wildman–Crippen MR) is 125 cm³/mol. The smallest absolute Gasteiger partial charge is 0.293 e. The summed E-state index contributed by atoms with van der Waals surface area (Å²) in [6.45, 7) is 0.339. The molecule has 2 amide bonds. The number of carbonyl (C=O) groups excluding carboxylic acids is 2. The van der Waals surface area contributed by atoms with Crippen molar-refractivity contribution in [1.29, 1.82) is 0 Å². The molecule has 3 aromatic carbocycles. The zero-order valence-electron chi connectivity index (χ0n) is 16.6. The van der Waals surface area contributed by atoms with E-state index in [-0.39, 0.29) is 30.1 Å². The van der Waals surface area contributed by atoms with E-state index in [1.165, 1.54) is 12.1 Å². The fourth-order valence-corrected chi connectivity index (χ4v) is 4.22. The molecule has 1 saturated heterocycles. The molecular weight excluding hydrogens is 472 g/mol. The summed E-state index contributed by atoms with van der Waals surface area (Å²) in [7, 11) is 0. The average Bonchev–Trinajstić information content (AvgIpc) is 3.04. The van der Waals surface area contributed by atoms with Crippen LogP contribution in [0, 0.1) is 5.82 Å². The SMILES string of the molecule is O=C1S/C(=C\c2ccccc2OCc2ccc(F)cc2)C(=O)N1Cc1ccc(Cl)c(Cl)c1. The van der Waals surface area contributed by atoms with Crippen LogP contribution in [0.5, 0.6) is 5.75 Å². The predicted octanol–water partition coefficient (Wildman–Crippen LogP) is 6.95. The van der Waals surface area contributed by atoms with Crippen LogP contribution >= 0.6 is 35.0 Å². The highest BCUT2D eigenvalue weighted by Gasteiger charge is 2.35. The van der Waals surface area contributed by atoms with Gasteiger partial charge in [-0.15, -0.1) is 0 Å². The lowest BCUT2D eigenvalue weighted by Gasteiger charge is -2.13. The summed E-state index contributed by atoms with van der Waals surface area (Å²) >= 11 is 12.8. The van der Waals surface area contributed by atoms with Gasteiger partial charge in [0, 0.05) is 5.56 Å². The monoisotopic (exact) mass is 487 g/mol. The van der Waals surface area contributed by atoms with E-state index in [0.717, 1.165) is 22.2 Å². The van der Waals surface area contributed by atoms with E-state index in [4.69, 9.17) is 27.9 Å². The third-order valence-electron chi connectivity index (χ3n) is 4.71. The summed E-state index contributed by atoms with van der Waals surface area (Å²) in [5, 5.41) is 0.401. The van der Waals surface area contributed by atoms with E-state index in [2.05, 4.69) is 0 Å². The Hall–Kier alpha value is -2.80. The van der Waals surface area contributed by atoms with Crippen molar-refractivity contribution < 1.29 is 18.7 Å². The number of benzene rings is 3. The van der Waals surface area contributed by atoms with E-state index in [1.54, 1.807) is 48.5 Å².